The summed E-state index contributed by atoms with van der Waals surface area (Å²) in [5, 5.41) is 3.48. The van der Waals surface area contributed by atoms with Crippen LogP contribution in [0.2, 0.25) is 0 Å². The van der Waals surface area contributed by atoms with E-state index >= 15 is 0 Å². The van der Waals surface area contributed by atoms with Gasteiger partial charge >= 0.3 is 0 Å². The lowest BCUT2D eigenvalue weighted by Gasteiger charge is -2.29. The van der Waals surface area contributed by atoms with Gasteiger partial charge in [0.2, 0.25) is 17.8 Å². The Kier molecular flexibility index (Phi) is 4.38. The summed E-state index contributed by atoms with van der Waals surface area (Å²) >= 11 is 0. The van der Waals surface area contributed by atoms with Crippen molar-refractivity contribution in [3.63, 3.8) is 0 Å². The minimum atomic E-state index is 0.429. The van der Waals surface area contributed by atoms with Gasteiger partial charge in [0.05, 0.1) is 0 Å². The molecule has 1 aliphatic heterocycles. The van der Waals surface area contributed by atoms with Crippen molar-refractivity contribution in [1.82, 2.24) is 15.0 Å². The van der Waals surface area contributed by atoms with Crippen LogP contribution < -0.4 is 21.5 Å². The van der Waals surface area contributed by atoms with Crippen LogP contribution in [0.5, 0.6) is 0 Å². The summed E-state index contributed by atoms with van der Waals surface area (Å²) in [6.07, 6.45) is 7.43. The van der Waals surface area contributed by atoms with E-state index in [-0.39, 0.29) is 0 Å². The van der Waals surface area contributed by atoms with E-state index in [4.69, 9.17) is 5.84 Å². The summed E-state index contributed by atoms with van der Waals surface area (Å²) in [5.74, 6) is 7.94. The van der Waals surface area contributed by atoms with Crippen molar-refractivity contribution >= 4 is 17.8 Å². The van der Waals surface area contributed by atoms with E-state index in [0.29, 0.717) is 23.9 Å². The molecule has 0 aromatic carbocycles. The zero-order valence-corrected chi connectivity index (χ0v) is 12.7. The van der Waals surface area contributed by atoms with Crippen LogP contribution >= 0.6 is 0 Å². The Morgan fingerprint density at radius 3 is 2.43 bits per heavy atom. The fraction of sp³-hybridized carbons (Fsp3) is 0.786. The summed E-state index contributed by atoms with van der Waals surface area (Å²) in [7, 11) is 0. The summed E-state index contributed by atoms with van der Waals surface area (Å²) in [6.45, 7) is 4.31. The fourth-order valence-electron chi connectivity index (χ4n) is 3.25. The topological polar surface area (TPSA) is 92.0 Å². The summed E-state index contributed by atoms with van der Waals surface area (Å²) in [6, 6.07) is 0.443. The highest BCUT2D eigenvalue weighted by atomic mass is 15.4. The smallest absolute Gasteiger partial charge is 0.243 e. The summed E-state index contributed by atoms with van der Waals surface area (Å²) in [4.78, 5) is 15.5. The number of anilines is 3. The lowest BCUT2D eigenvalue weighted by atomic mass is 9.86. The van der Waals surface area contributed by atoms with E-state index in [1.54, 1.807) is 0 Å². The highest BCUT2D eigenvalue weighted by Gasteiger charge is 2.23. The average Bonchev–Trinajstić information content (AvgIpc) is 3.04. The molecule has 4 N–H and O–H groups in total. The standard InChI is InChI=1S/C14H25N7/c1-10-6-2-3-7-11(10)16-12-17-13(20-15)19-14(18-12)21-8-4-5-9-21/h10-11H,2-9,15H2,1H3,(H2,16,17,18,19,20). The second-order valence-corrected chi connectivity index (χ2v) is 6.13. The number of aromatic nitrogens is 3. The Hall–Kier alpha value is -1.63. The van der Waals surface area contributed by atoms with Gasteiger partial charge in [-0.3, -0.25) is 5.43 Å². The summed E-state index contributed by atoms with van der Waals surface area (Å²) < 4.78 is 0. The number of hydrogen-bond donors (Lipinski definition) is 3. The van der Waals surface area contributed by atoms with Crippen molar-refractivity contribution < 1.29 is 0 Å². The third kappa shape index (κ3) is 3.34. The number of nitrogens with one attached hydrogen (secondary N) is 2. The molecule has 3 rings (SSSR count). The zero-order chi connectivity index (χ0) is 14.7. The molecule has 1 aliphatic carbocycles. The second kappa shape index (κ2) is 6.43. The Bertz CT molecular complexity index is 472. The van der Waals surface area contributed by atoms with Gasteiger partial charge in [-0.05, 0) is 31.6 Å². The summed E-state index contributed by atoms with van der Waals surface area (Å²) in [5.41, 5.74) is 2.55. The molecular weight excluding hydrogens is 266 g/mol. The normalized spacial score (nSPS) is 25.9. The van der Waals surface area contributed by atoms with Gasteiger partial charge in [0.1, 0.15) is 0 Å². The lowest BCUT2D eigenvalue weighted by molar-refractivity contribution is 0.348. The number of nitrogens with two attached hydrogens (primary N) is 1. The van der Waals surface area contributed by atoms with Crippen molar-refractivity contribution in [1.29, 1.82) is 0 Å². The second-order valence-electron chi connectivity index (χ2n) is 6.13. The van der Waals surface area contributed by atoms with Crippen molar-refractivity contribution in [2.75, 3.05) is 28.7 Å². The maximum Gasteiger partial charge on any atom is 0.243 e. The van der Waals surface area contributed by atoms with E-state index in [9.17, 15) is 0 Å². The van der Waals surface area contributed by atoms with Gasteiger partial charge in [-0.2, -0.15) is 15.0 Å². The quantitative estimate of drug-likeness (QED) is 0.575. The Morgan fingerprint density at radius 1 is 1.00 bits per heavy atom. The zero-order valence-electron chi connectivity index (χ0n) is 12.7. The number of rotatable bonds is 4. The largest absolute Gasteiger partial charge is 0.351 e. The molecule has 2 heterocycles. The van der Waals surface area contributed by atoms with Crippen LogP contribution in [0.15, 0.2) is 0 Å². The molecule has 2 aliphatic rings. The Balaban J connectivity index is 1.78. The maximum absolute atomic E-state index is 5.50. The van der Waals surface area contributed by atoms with Gasteiger partial charge in [0, 0.05) is 19.1 Å². The van der Waals surface area contributed by atoms with Crippen LogP contribution in [0.25, 0.3) is 0 Å². The molecule has 1 saturated heterocycles. The minimum Gasteiger partial charge on any atom is -0.351 e. The van der Waals surface area contributed by atoms with Gasteiger partial charge in [-0.25, -0.2) is 5.84 Å². The lowest BCUT2D eigenvalue weighted by Crippen LogP contribution is -2.32. The molecule has 2 fully saturated rings. The molecule has 1 aromatic rings. The molecular formula is C14H25N7. The van der Waals surface area contributed by atoms with Gasteiger partial charge in [0.15, 0.2) is 0 Å². The van der Waals surface area contributed by atoms with Crippen LogP contribution in [0.1, 0.15) is 45.4 Å². The first-order valence-corrected chi connectivity index (χ1v) is 8.00. The molecule has 2 atom stereocenters. The molecule has 0 spiro atoms. The van der Waals surface area contributed by atoms with E-state index < -0.39 is 0 Å². The van der Waals surface area contributed by atoms with Crippen molar-refractivity contribution in [2.24, 2.45) is 11.8 Å². The van der Waals surface area contributed by atoms with Gasteiger partial charge in [0.25, 0.3) is 0 Å². The predicted octanol–water partition coefficient (Wildman–Crippen LogP) is 1.75. The third-order valence-corrected chi connectivity index (χ3v) is 4.57. The SMILES string of the molecule is CC1CCCCC1Nc1nc(NN)nc(N2CCCC2)n1. The van der Waals surface area contributed by atoms with Crippen LogP contribution in [0.4, 0.5) is 17.8 Å². The van der Waals surface area contributed by atoms with Crippen LogP contribution in [-0.4, -0.2) is 34.1 Å². The monoisotopic (exact) mass is 291 g/mol. The first-order chi connectivity index (χ1) is 10.3. The molecule has 0 bridgehead atoms. The van der Waals surface area contributed by atoms with E-state index in [1.807, 2.05) is 0 Å². The highest BCUT2D eigenvalue weighted by Crippen LogP contribution is 2.26. The van der Waals surface area contributed by atoms with Gasteiger partial charge < -0.3 is 10.2 Å². The highest BCUT2D eigenvalue weighted by molar-refractivity contribution is 5.44. The Morgan fingerprint density at radius 2 is 1.71 bits per heavy atom. The molecule has 7 heteroatoms. The van der Waals surface area contributed by atoms with Crippen LogP contribution in [-0.2, 0) is 0 Å². The van der Waals surface area contributed by atoms with Crippen molar-refractivity contribution in [3.8, 4) is 0 Å². The number of hydrazine groups is 1. The average molecular weight is 291 g/mol. The van der Waals surface area contributed by atoms with Gasteiger partial charge in [-0.1, -0.05) is 19.8 Å². The molecule has 0 radical (unpaired) electrons. The minimum absolute atomic E-state index is 0.429. The molecule has 21 heavy (non-hydrogen) atoms. The number of hydrogen-bond acceptors (Lipinski definition) is 7. The van der Waals surface area contributed by atoms with Crippen molar-refractivity contribution in [2.45, 2.75) is 51.5 Å². The molecule has 0 amide bonds. The third-order valence-electron chi connectivity index (χ3n) is 4.57. The van der Waals surface area contributed by atoms with Crippen LogP contribution in [0.3, 0.4) is 0 Å². The molecule has 1 saturated carbocycles. The molecule has 116 valence electrons. The number of nitrogens with zero attached hydrogens (tertiary/aromatic N) is 4. The Labute approximate surface area is 125 Å². The number of nitrogen functional groups attached to an aromatic ring is 1. The molecule has 7 nitrogen and oxygen atoms in total. The van der Waals surface area contributed by atoms with Gasteiger partial charge in [-0.15, -0.1) is 0 Å². The van der Waals surface area contributed by atoms with E-state index in [2.05, 4.69) is 37.5 Å². The van der Waals surface area contributed by atoms with E-state index in [0.717, 1.165) is 19.0 Å². The molecule has 1 aromatic heterocycles. The maximum atomic E-state index is 5.50. The van der Waals surface area contributed by atoms with Crippen molar-refractivity contribution in [3.05, 3.63) is 0 Å². The van der Waals surface area contributed by atoms with Crippen LogP contribution in [0, 0.1) is 5.92 Å². The first kappa shape index (κ1) is 14.3. The van der Waals surface area contributed by atoms with E-state index in [1.165, 1.54) is 38.5 Å². The first-order valence-electron chi connectivity index (χ1n) is 8.00. The fourth-order valence-corrected chi connectivity index (χ4v) is 3.25. The predicted molar refractivity (Wildman–Crippen MR) is 84.1 cm³/mol. The molecule has 2 unspecified atom stereocenters.